The summed E-state index contributed by atoms with van der Waals surface area (Å²) in [6.07, 6.45) is 9.89. The van der Waals surface area contributed by atoms with Crippen LogP contribution in [-0.4, -0.2) is 38.9 Å². The molecule has 1 aliphatic carbocycles. The molecule has 0 radical (unpaired) electrons. The molecule has 0 unspecified atom stereocenters. The summed E-state index contributed by atoms with van der Waals surface area (Å²) in [5, 5.41) is 3.50. The number of amides is 1. The molecule has 1 aliphatic rings. The minimum atomic E-state index is -0.300. The van der Waals surface area contributed by atoms with Gasteiger partial charge in [-0.05, 0) is 63.4 Å². The zero-order chi connectivity index (χ0) is 21.9. The second kappa shape index (κ2) is 12.1. The smallest absolute Gasteiger partial charge is 0.265 e. The molecule has 8 heteroatoms. The van der Waals surface area contributed by atoms with Gasteiger partial charge in [-0.15, -0.1) is 0 Å². The van der Waals surface area contributed by atoms with Gasteiger partial charge in [0, 0.05) is 23.7 Å². The Kier molecular flexibility index (Phi) is 9.47. The number of allylic oxidation sites excluding steroid dienone is 1. The normalized spacial score (nSPS) is 13.7. The molecule has 0 aliphatic heterocycles. The van der Waals surface area contributed by atoms with Gasteiger partial charge in [0.15, 0.2) is 16.6 Å². The van der Waals surface area contributed by atoms with E-state index in [4.69, 9.17) is 26.4 Å². The third-order valence-corrected chi connectivity index (χ3v) is 5.12. The maximum Gasteiger partial charge on any atom is 0.265 e. The largest absolute Gasteiger partial charge is 0.496 e. The lowest BCUT2D eigenvalue weighted by Crippen LogP contribution is -2.47. The van der Waals surface area contributed by atoms with Crippen molar-refractivity contribution in [2.75, 3.05) is 27.9 Å². The number of hydrogen-bond acceptors (Lipinski definition) is 5. The minimum absolute atomic E-state index is 0.300. The fourth-order valence-corrected chi connectivity index (χ4v) is 3.34. The van der Waals surface area contributed by atoms with E-state index in [9.17, 15) is 4.79 Å². The molecule has 7 nitrogen and oxygen atoms in total. The van der Waals surface area contributed by atoms with Crippen molar-refractivity contribution in [2.24, 2.45) is 0 Å². The molecule has 0 fully saturated rings. The number of nitrogens with one attached hydrogen (secondary N) is 3. The summed E-state index contributed by atoms with van der Waals surface area (Å²) < 4.78 is 16.0. The number of carbonyl (C=O) groups excluding carboxylic acids is 1. The predicted octanol–water partition coefficient (Wildman–Crippen LogP) is 3.50. The number of methoxy groups -OCH3 is 3. The van der Waals surface area contributed by atoms with E-state index in [1.54, 1.807) is 46.5 Å². The van der Waals surface area contributed by atoms with Gasteiger partial charge in [0.05, 0.1) is 21.3 Å². The van der Waals surface area contributed by atoms with Crippen molar-refractivity contribution < 1.29 is 19.0 Å². The van der Waals surface area contributed by atoms with Gasteiger partial charge in [-0.25, -0.2) is 0 Å². The number of hydrogen-bond donors (Lipinski definition) is 3. The molecule has 1 amide bonds. The van der Waals surface area contributed by atoms with E-state index >= 15 is 0 Å². The van der Waals surface area contributed by atoms with Gasteiger partial charge >= 0.3 is 0 Å². The lowest BCUT2D eigenvalue weighted by Gasteiger charge is -2.15. The number of thiocarbonyl (C=S) groups is 1. The molecule has 1 aromatic carbocycles. The average Bonchev–Trinajstić information content (AvgIpc) is 2.77. The predicted molar refractivity (Wildman–Crippen MR) is 123 cm³/mol. The van der Waals surface area contributed by atoms with E-state index in [0.29, 0.717) is 33.5 Å². The van der Waals surface area contributed by atoms with Crippen LogP contribution in [0.15, 0.2) is 29.4 Å². The fourth-order valence-electron chi connectivity index (χ4n) is 3.19. The molecule has 0 spiro atoms. The summed E-state index contributed by atoms with van der Waals surface area (Å²) in [5.41, 5.74) is 8.00. The molecular formula is C22H31N3O4S. The van der Waals surface area contributed by atoms with Crippen LogP contribution in [0.1, 0.15) is 44.6 Å². The van der Waals surface area contributed by atoms with Crippen LogP contribution < -0.4 is 30.4 Å². The molecule has 3 N–H and O–H groups in total. The standard InChI is InChI=1S/C22H31N3O4S/c1-15(12-17-13-19(28-3)20(29-4)14-18(17)27-2)21(26)24-25-22(30)23-11-10-16-8-6-5-7-9-16/h8,12-14H,5-7,9-11H2,1-4H3,(H,24,26)(H2,23,25,30). The zero-order valence-electron chi connectivity index (χ0n) is 18.1. The lowest BCUT2D eigenvalue weighted by molar-refractivity contribution is -0.117. The Balaban J connectivity index is 1.89. The molecule has 164 valence electrons. The third kappa shape index (κ3) is 6.95. The summed E-state index contributed by atoms with van der Waals surface area (Å²) in [7, 11) is 4.67. The highest BCUT2D eigenvalue weighted by Crippen LogP contribution is 2.35. The van der Waals surface area contributed by atoms with Crippen LogP contribution in [0, 0.1) is 0 Å². The quantitative estimate of drug-likeness (QED) is 0.251. The van der Waals surface area contributed by atoms with Crippen LogP contribution in [0.4, 0.5) is 0 Å². The monoisotopic (exact) mass is 433 g/mol. The SMILES string of the molecule is COc1cc(OC)c(OC)cc1C=C(C)C(=O)NNC(=S)NCCC1=CCCCC1. The molecule has 0 saturated carbocycles. The van der Waals surface area contributed by atoms with Crippen LogP contribution in [0.3, 0.4) is 0 Å². The van der Waals surface area contributed by atoms with Crippen LogP contribution in [0.2, 0.25) is 0 Å². The Morgan fingerprint density at radius 3 is 2.40 bits per heavy atom. The van der Waals surface area contributed by atoms with Crippen molar-refractivity contribution in [1.82, 2.24) is 16.2 Å². The number of hydrazine groups is 1. The molecule has 30 heavy (non-hydrogen) atoms. The molecule has 0 saturated heterocycles. The summed E-state index contributed by atoms with van der Waals surface area (Å²) in [6.45, 7) is 2.45. The van der Waals surface area contributed by atoms with E-state index < -0.39 is 0 Å². The first-order valence-electron chi connectivity index (χ1n) is 9.99. The Hall–Kier alpha value is -2.74. The van der Waals surface area contributed by atoms with Gasteiger partial charge in [-0.2, -0.15) is 0 Å². The first-order chi connectivity index (χ1) is 14.5. The number of benzene rings is 1. The highest BCUT2D eigenvalue weighted by Gasteiger charge is 2.12. The average molecular weight is 434 g/mol. The summed E-state index contributed by atoms with van der Waals surface area (Å²) >= 11 is 5.23. The highest BCUT2D eigenvalue weighted by atomic mass is 32.1. The topological polar surface area (TPSA) is 80.9 Å². The van der Waals surface area contributed by atoms with Crippen molar-refractivity contribution in [3.63, 3.8) is 0 Å². The molecule has 2 rings (SSSR count). The second-order valence-corrected chi connectivity index (χ2v) is 7.38. The lowest BCUT2D eigenvalue weighted by atomic mass is 9.97. The molecule has 0 atom stereocenters. The van der Waals surface area contributed by atoms with Gasteiger partial charge in [0.2, 0.25) is 0 Å². The van der Waals surface area contributed by atoms with Crippen LogP contribution in [-0.2, 0) is 4.79 Å². The van der Waals surface area contributed by atoms with E-state index in [-0.39, 0.29) is 5.91 Å². The van der Waals surface area contributed by atoms with Crippen LogP contribution >= 0.6 is 12.2 Å². The number of carbonyl (C=O) groups is 1. The van der Waals surface area contributed by atoms with Gasteiger partial charge in [0.25, 0.3) is 5.91 Å². The maximum absolute atomic E-state index is 12.4. The molecule has 1 aromatic rings. The van der Waals surface area contributed by atoms with E-state index in [1.807, 2.05) is 0 Å². The highest BCUT2D eigenvalue weighted by molar-refractivity contribution is 7.80. The first-order valence-corrected chi connectivity index (χ1v) is 10.4. The van der Waals surface area contributed by atoms with Crippen molar-refractivity contribution in [1.29, 1.82) is 0 Å². The van der Waals surface area contributed by atoms with Crippen molar-refractivity contribution in [3.8, 4) is 17.2 Å². The second-order valence-electron chi connectivity index (χ2n) is 6.97. The fraction of sp³-hybridized carbons (Fsp3) is 0.455. The maximum atomic E-state index is 12.4. The summed E-state index contributed by atoms with van der Waals surface area (Å²) in [4.78, 5) is 12.4. The van der Waals surface area contributed by atoms with Crippen LogP contribution in [0.25, 0.3) is 6.08 Å². The van der Waals surface area contributed by atoms with Crippen LogP contribution in [0.5, 0.6) is 17.2 Å². The Morgan fingerprint density at radius 2 is 1.77 bits per heavy atom. The van der Waals surface area contributed by atoms with Crippen molar-refractivity contribution in [2.45, 2.75) is 39.0 Å². The van der Waals surface area contributed by atoms with Crippen molar-refractivity contribution >= 4 is 29.3 Å². The first kappa shape index (κ1) is 23.5. The Labute approximate surface area is 183 Å². The molecule has 0 aromatic heterocycles. The van der Waals surface area contributed by atoms with Gasteiger partial charge < -0.3 is 19.5 Å². The number of ether oxygens (including phenoxy) is 3. The van der Waals surface area contributed by atoms with Gasteiger partial charge in [-0.3, -0.25) is 15.6 Å². The van der Waals surface area contributed by atoms with E-state index in [0.717, 1.165) is 13.0 Å². The summed E-state index contributed by atoms with van der Waals surface area (Å²) in [6, 6.07) is 3.48. The van der Waals surface area contributed by atoms with E-state index in [1.165, 1.54) is 31.3 Å². The molecule has 0 heterocycles. The Bertz CT molecular complexity index is 821. The van der Waals surface area contributed by atoms with Gasteiger partial charge in [-0.1, -0.05) is 11.6 Å². The summed E-state index contributed by atoms with van der Waals surface area (Å²) in [5.74, 6) is 1.37. The molecule has 0 bridgehead atoms. The third-order valence-electron chi connectivity index (χ3n) is 4.87. The van der Waals surface area contributed by atoms with E-state index in [2.05, 4.69) is 22.2 Å². The molecular weight excluding hydrogens is 402 g/mol. The Morgan fingerprint density at radius 1 is 1.07 bits per heavy atom. The van der Waals surface area contributed by atoms with Gasteiger partial charge in [0.1, 0.15) is 5.75 Å². The van der Waals surface area contributed by atoms with Crippen molar-refractivity contribution in [3.05, 3.63) is 34.9 Å². The zero-order valence-corrected chi connectivity index (χ0v) is 18.9. The number of rotatable bonds is 8. The minimum Gasteiger partial charge on any atom is -0.496 e.